The zero-order chi connectivity index (χ0) is 15.4. The molecule has 3 rings (SSSR count). The minimum atomic E-state index is 0.636. The van der Waals surface area contributed by atoms with Gasteiger partial charge in [-0.25, -0.2) is 0 Å². The summed E-state index contributed by atoms with van der Waals surface area (Å²) in [5, 5.41) is 1.28. The summed E-state index contributed by atoms with van der Waals surface area (Å²) in [6.45, 7) is 4.44. The Hall–Kier alpha value is -1.73. The molecule has 22 heavy (non-hydrogen) atoms. The van der Waals surface area contributed by atoms with E-state index in [1.807, 2.05) is 0 Å². The summed E-state index contributed by atoms with van der Waals surface area (Å²) in [4.78, 5) is 0. The number of allylic oxidation sites excluding steroid dienone is 3. The molecule has 0 spiro atoms. The molecular weight excluding hydrogens is 284 g/mol. The highest BCUT2D eigenvalue weighted by Crippen LogP contribution is 2.56. The van der Waals surface area contributed by atoms with E-state index >= 15 is 0 Å². The fraction of sp³-hybridized carbons (Fsp3) is 0.238. The summed E-state index contributed by atoms with van der Waals surface area (Å²) in [6, 6.07) is 21.5. The van der Waals surface area contributed by atoms with Crippen molar-refractivity contribution in [1.82, 2.24) is 0 Å². The van der Waals surface area contributed by atoms with Gasteiger partial charge in [0.15, 0.2) is 0 Å². The lowest BCUT2D eigenvalue weighted by Gasteiger charge is -2.04. The molecule has 2 atom stereocenters. The Morgan fingerprint density at radius 2 is 1.64 bits per heavy atom. The van der Waals surface area contributed by atoms with Gasteiger partial charge in [0.25, 0.3) is 0 Å². The maximum atomic E-state index is 2.45. The van der Waals surface area contributed by atoms with Gasteiger partial charge in [-0.1, -0.05) is 85.3 Å². The zero-order valence-electron chi connectivity index (χ0n) is 13.2. The highest BCUT2D eigenvalue weighted by molar-refractivity contribution is 8.07. The molecule has 2 aromatic rings. The van der Waals surface area contributed by atoms with Crippen LogP contribution in [0.4, 0.5) is 0 Å². The minimum Gasteiger partial charge on any atom is -0.143 e. The van der Waals surface area contributed by atoms with Crippen molar-refractivity contribution in [2.24, 2.45) is 0 Å². The van der Waals surface area contributed by atoms with Crippen LogP contribution < -0.4 is 0 Å². The predicted octanol–water partition coefficient (Wildman–Crippen LogP) is 6.28. The largest absolute Gasteiger partial charge is 0.143 e. The lowest BCUT2D eigenvalue weighted by molar-refractivity contribution is 1.07. The first-order chi connectivity index (χ1) is 10.8. The van der Waals surface area contributed by atoms with E-state index in [-0.39, 0.29) is 0 Å². The third kappa shape index (κ3) is 3.72. The second-order valence-electron chi connectivity index (χ2n) is 5.72. The Morgan fingerprint density at radius 3 is 2.27 bits per heavy atom. The number of hydrogen-bond donors (Lipinski definition) is 0. The van der Waals surface area contributed by atoms with E-state index in [0.717, 1.165) is 6.42 Å². The molecule has 0 amide bonds. The number of rotatable bonds is 5. The zero-order valence-corrected chi connectivity index (χ0v) is 14.0. The third-order valence-corrected chi connectivity index (χ3v) is 5.34. The van der Waals surface area contributed by atoms with E-state index in [1.54, 1.807) is 0 Å². The number of thioether (sulfide) groups is 1. The fourth-order valence-corrected chi connectivity index (χ4v) is 3.75. The van der Waals surface area contributed by atoms with Crippen LogP contribution in [0.25, 0.3) is 5.57 Å². The third-order valence-electron chi connectivity index (χ3n) is 4.07. The second kappa shape index (κ2) is 7.02. The Morgan fingerprint density at radius 1 is 1.00 bits per heavy atom. The molecule has 0 saturated carbocycles. The van der Waals surface area contributed by atoms with Crippen LogP contribution in [0.5, 0.6) is 0 Å². The normalized spacial score (nSPS) is 21.7. The molecule has 112 valence electrons. The molecule has 1 heterocycles. The van der Waals surface area contributed by atoms with Crippen molar-refractivity contribution >= 4 is 17.3 Å². The van der Waals surface area contributed by atoms with Crippen LogP contribution in [0, 0.1) is 0 Å². The monoisotopic (exact) mass is 306 g/mol. The summed E-state index contributed by atoms with van der Waals surface area (Å²) < 4.78 is 0. The average molecular weight is 306 g/mol. The molecular formula is C21H22S. The lowest BCUT2D eigenvalue weighted by Crippen LogP contribution is -1.88. The van der Waals surface area contributed by atoms with Crippen molar-refractivity contribution in [3.8, 4) is 0 Å². The standard InChI is InChI=1S/C21H22S/c1-3-17(14-16(2)18-10-6-4-7-11-18)15-20-21(22-20)19-12-8-5-9-13-19/h4-15,20-21H,3H2,1-2H3. The molecule has 1 fully saturated rings. The maximum absolute atomic E-state index is 2.45. The van der Waals surface area contributed by atoms with Crippen LogP contribution in [0.15, 0.2) is 78.4 Å². The summed E-state index contributed by atoms with van der Waals surface area (Å²) in [6.07, 6.45) is 5.88. The van der Waals surface area contributed by atoms with Crippen molar-refractivity contribution in [2.75, 3.05) is 0 Å². The van der Waals surface area contributed by atoms with Gasteiger partial charge in [-0.3, -0.25) is 0 Å². The Labute approximate surface area is 138 Å². The first-order valence-electron chi connectivity index (χ1n) is 7.92. The molecule has 1 aliphatic rings. The first kappa shape index (κ1) is 15.2. The molecule has 0 radical (unpaired) electrons. The van der Waals surface area contributed by atoms with E-state index in [4.69, 9.17) is 0 Å². The van der Waals surface area contributed by atoms with Gasteiger partial charge in [-0.15, -0.1) is 11.8 Å². The summed E-state index contributed by atoms with van der Waals surface area (Å²) in [7, 11) is 0. The maximum Gasteiger partial charge on any atom is 0.0457 e. The SMILES string of the molecule is CCC(=CC1SC1c1ccccc1)C=C(C)c1ccccc1. The van der Waals surface area contributed by atoms with E-state index in [9.17, 15) is 0 Å². The summed E-state index contributed by atoms with van der Waals surface area (Å²) >= 11 is 2.05. The number of benzene rings is 2. The topological polar surface area (TPSA) is 0 Å². The summed E-state index contributed by atoms with van der Waals surface area (Å²) in [5.41, 5.74) is 5.55. The molecule has 1 heteroatoms. The molecule has 1 saturated heterocycles. The van der Waals surface area contributed by atoms with Crippen LogP contribution in [-0.4, -0.2) is 5.25 Å². The molecule has 0 aliphatic carbocycles. The number of hydrogen-bond acceptors (Lipinski definition) is 1. The highest BCUT2D eigenvalue weighted by atomic mass is 32.2. The fourth-order valence-electron chi connectivity index (χ4n) is 2.70. The lowest BCUT2D eigenvalue weighted by atomic mass is 10.0. The van der Waals surface area contributed by atoms with Crippen LogP contribution in [-0.2, 0) is 0 Å². The second-order valence-corrected chi connectivity index (χ2v) is 7.04. The molecule has 0 N–H and O–H groups in total. The van der Waals surface area contributed by atoms with Gasteiger partial charge in [0.1, 0.15) is 0 Å². The van der Waals surface area contributed by atoms with Crippen molar-refractivity contribution in [1.29, 1.82) is 0 Å². The highest BCUT2D eigenvalue weighted by Gasteiger charge is 2.37. The van der Waals surface area contributed by atoms with Crippen molar-refractivity contribution in [2.45, 2.75) is 30.8 Å². The minimum absolute atomic E-state index is 0.636. The van der Waals surface area contributed by atoms with E-state index < -0.39 is 0 Å². The molecule has 0 nitrogen and oxygen atoms in total. The average Bonchev–Trinajstić information content (AvgIpc) is 3.35. The summed E-state index contributed by atoms with van der Waals surface area (Å²) in [5.74, 6) is 0. The molecule has 2 unspecified atom stereocenters. The quantitative estimate of drug-likeness (QED) is 0.462. The Balaban J connectivity index is 1.73. The molecule has 0 aromatic heterocycles. The van der Waals surface area contributed by atoms with Gasteiger partial charge >= 0.3 is 0 Å². The molecule has 1 aliphatic heterocycles. The van der Waals surface area contributed by atoms with E-state index in [2.05, 4.69) is 98.4 Å². The van der Waals surface area contributed by atoms with Gasteiger partial charge in [0.05, 0.1) is 0 Å². The molecule has 2 aromatic carbocycles. The van der Waals surface area contributed by atoms with Gasteiger partial charge in [-0.05, 0) is 30.0 Å². The van der Waals surface area contributed by atoms with Gasteiger partial charge in [0.2, 0.25) is 0 Å². The van der Waals surface area contributed by atoms with Crippen molar-refractivity contribution in [3.63, 3.8) is 0 Å². The molecule has 0 bridgehead atoms. The van der Waals surface area contributed by atoms with E-state index in [1.165, 1.54) is 22.3 Å². The first-order valence-corrected chi connectivity index (χ1v) is 8.87. The van der Waals surface area contributed by atoms with Gasteiger partial charge in [0, 0.05) is 10.5 Å². The van der Waals surface area contributed by atoms with E-state index in [0.29, 0.717) is 10.5 Å². The van der Waals surface area contributed by atoms with Crippen LogP contribution in [0.3, 0.4) is 0 Å². The van der Waals surface area contributed by atoms with Crippen LogP contribution >= 0.6 is 11.8 Å². The smallest absolute Gasteiger partial charge is 0.0457 e. The Kier molecular flexibility index (Phi) is 4.84. The van der Waals surface area contributed by atoms with Gasteiger partial charge < -0.3 is 0 Å². The van der Waals surface area contributed by atoms with Crippen molar-refractivity contribution < 1.29 is 0 Å². The Bertz CT molecular complexity index is 668. The predicted molar refractivity (Wildman–Crippen MR) is 99.0 cm³/mol. The van der Waals surface area contributed by atoms with Crippen LogP contribution in [0.1, 0.15) is 36.6 Å². The van der Waals surface area contributed by atoms with Crippen molar-refractivity contribution in [3.05, 3.63) is 89.5 Å². The van der Waals surface area contributed by atoms with Crippen LogP contribution in [0.2, 0.25) is 0 Å². The van der Waals surface area contributed by atoms with Gasteiger partial charge in [-0.2, -0.15) is 0 Å².